The summed E-state index contributed by atoms with van der Waals surface area (Å²) in [7, 11) is -1.90. The largest absolute Gasteiger partial charge is 0.242 e. The van der Waals surface area contributed by atoms with Gasteiger partial charge in [0.25, 0.3) is 0 Å². The number of hydrogen-bond donors (Lipinski definition) is 0. The number of rotatable bonds is 6. The lowest BCUT2D eigenvalue weighted by Crippen LogP contribution is -2.31. The number of hydrogen-bond acceptors (Lipinski definition) is 2. The molecule has 0 fully saturated rings. The summed E-state index contributed by atoms with van der Waals surface area (Å²) in [5, 5.41) is 0.382. The van der Waals surface area contributed by atoms with Gasteiger partial charge in [-0.2, -0.15) is 0 Å². The van der Waals surface area contributed by atoms with Gasteiger partial charge in [0.1, 0.15) is 0 Å². The summed E-state index contributed by atoms with van der Waals surface area (Å²) in [5.74, 6) is 0.583. The van der Waals surface area contributed by atoms with Crippen LogP contribution in [0.25, 0.3) is 0 Å². The standard InChI is InChI=1S/C13H19Cl2NO2S/c1-4-10(2)9-16(3)19(17,18)12-6-5-11(8-14)13(15)7-12/h5-7,10H,4,8-9H2,1-3H3. The minimum absolute atomic E-state index is 0.206. The Morgan fingerprint density at radius 1 is 1.37 bits per heavy atom. The molecule has 0 heterocycles. The first-order valence-corrected chi connectivity index (χ1v) is 8.48. The van der Waals surface area contributed by atoms with E-state index in [9.17, 15) is 8.42 Å². The van der Waals surface area contributed by atoms with Crippen molar-refractivity contribution >= 4 is 33.2 Å². The van der Waals surface area contributed by atoms with Crippen LogP contribution in [0.4, 0.5) is 0 Å². The van der Waals surface area contributed by atoms with Crippen molar-refractivity contribution in [2.24, 2.45) is 5.92 Å². The highest BCUT2D eigenvalue weighted by Crippen LogP contribution is 2.24. The van der Waals surface area contributed by atoms with Crippen LogP contribution in [0.1, 0.15) is 25.8 Å². The Balaban J connectivity index is 3.03. The van der Waals surface area contributed by atoms with Gasteiger partial charge in [-0.05, 0) is 23.6 Å². The van der Waals surface area contributed by atoms with Crippen LogP contribution < -0.4 is 0 Å². The third-order valence-corrected chi connectivity index (χ3v) is 5.60. The van der Waals surface area contributed by atoms with E-state index >= 15 is 0 Å². The molecule has 3 nitrogen and oxygen atoms in total. The number of halogens is 2. The lowest BCUT2D eigenvalue weighted by Gasteiger charge is -2.20. The van der Waals surface area contributed by atoms with Gasteiger partial charge in [-0.15, -0.1) is 11.6 Å². The van der Waals surface area contributed by atoms with E-state index in [1.54, 1.807) is 19.2 Å². The second-order valence-corrected chi connectivity index (χ2v) is 7.41. The number of nitrogens with zero attached hydrogens (tertiary/aromatic N) is 1. The summed E-state index contributed by atoms with van der Waals surface area (Å²) in [5.41, 5.74) is 0.729. The van der Waals surface area contributed by atoms with Crippen LogP contribution in [0.15, 0.2) is 23.1 Å². The van der Waals surface area contributed by atoms with Gasteiger partial charge in [-0.1, -0.05) is 37.9 Å². The molecule has 0 aliphatic carbocycles. The van der Waals surface area contributed by atoms with Crippen molar-refractivity contribution < 1.29 is 8.42 Å². The zero-order valence-electron chi connectivity index (χ0n) is 11.4. The average Bonchev–Trinajstić information content (AvgIpc) is 2.38. The first kappa shape index (κ1) is 16.8. The molecule has 1 atom stereocenters. The van der Waals surface area contributed by atoms with Gasteiger partial charge in [-0.25, -0.2) is 12.7 Å². The molecule has 19 heavy (non-hydrogen) atoms. The maximum absolute atomic E-state index is 12.4. The molecule has 6 heteroatoms. The fourth-order valence-corrected chi connectivity index (χ4v) is 3.57. The molecule has 0 saturated carbocycles. The Labute approximate surface area is 125 Å². The van der Waals surface area contributed by atoms with Crippen LogP contribution >= 0.6 is 23.2 Å². The van der Waals surface area contributed by atoms with Crippen LogP contribution in [0, 0.1) is 5.92 Å². The van der Waals surface area contributed by atoms with Gasteiger partial charge < -0.3 is 0 Å². The molecule has 0 spiro atoms. The van der Waals surface area contributed by atoms with Crippen LogP contribution in [0.2, 0.25) is 5.02 Å². The van der Waals surface area contributed by atoms with E-state index in [1.165, 1.54) is 10.4 Å². The molecule has 0 aromatic heterocycles. The summed E-state index contributed by atoms with van der Waals surface area (Å²) in [6, 6.07) is 4.66. The van der Waals surface area contributed by atoms with Crippen molar-refractivity contribution in [3.8, 4) is 0 Å². The Bertz CT molecular complexity index is 531. The summed E-state index contributed by atoms with van der Waals surface area (Å²) in [6.07, 6.45) is 0.936. The Morgan fingerprint density at radius 2 is 2.00 bits per heavy atom. The zero-order chi connectivity index (χ0) is 14.6. The topological polar surface area (TPSA) is 37.4 Å². The predicted molar refractivity (Wildman–Crippen MR) is 80.3 cm³/mol. The lowest BCUT2D eigenvalue weighted by molar-refractivity contribution is 0.393. The van der Waals surface area contributed by atoms with Gasteiger partial charge in [0.15, 0.2) is 0 Å². The third kappa shape index (κ3) is 4.09. The molecule has 1 unspecified atom stereocenters. The first-order chi connectivity index (χ1) is 8.82. The SMILES string of the molecule is CCC(C)CN(C)S(=O)(=O)c1ccc(CCl)c(Cl)c1. The number of alkyl halides is 1. The Morgan fingerprint density at radius 3 is 2.47 bits per heavy atom. The van der Waals surface area contributed by atoms with Gasteiger partial charge in [0.05, 0.1) is 4.90 Å². The Kier molecular flexibility index (Phi) is 6.12. The molecule has 1 rings (SSSR count). The molecule has 0 radical (unpaired) electrons. The zero-order valence-corrected chi connectivity index (χ0v) is 13.7. The van der Waals surface area contributed by atoms with Crippen LogP contribution in [0.5, 0.6) is 0 Å². The summed E-state index contributed by atoms with van der Waals surface area (Å²) < 4.78 is 26.1. The molecule has 0 bridgehead atoms. The van der Waals surface area contributed by atoms with Gasteiger partial charge >= 0.3 is 0 Å². The maximum atomic E-state index is 12.4. The van der Waals surface area contributed by atoms with E-state index < -0.39 is 10.0 Å². The molecule has 1 aromatic carbocycles. The van der Waals surface area contributed by atoms with E-state index in [0.29, 0.717) is 17.5 Å². The Hall–Kier alpha value is -0.290. The highest BCUT2D eigenvalue weighted by molar-refractivity contribution is 7.89. The monoisotopic (exact) mass is 323 g/mol. The molecule has 0 amide bonds. The van der Waals surface area contributed by atoms with E-state index in [-0.39, 0.29) is 10.8 Å². The van der Waals surface area contributed by atoms with Gasteiger partial charge in [0.2, 0.25) is 10.0 Å². The molecule has 1 aromatic rings. The molecule has 0 saturated heterocycles. The number of benzene rings is 1. The summed E-state index contributed by atoms with van der Waals surface area (Å²) in [4.78, 5) is 0.206. The molecule has 0 aliphatic heterocycles. The normalized spacial score (nSPS) is 13.8. The molecular formula is C13H19Cl2NO2S. The van der Waals surface area contributed by atoms with Crippen LogP contribution in [-0.4, -0.2) is 26.3 Å². The van der Waals surface area contributed by atoms with Crippen molar-refractivity contribution in [3.05, 3.63) is 28.8 Å². The average molecular weight is 324 g/mol. The quantitative estimate of drug-likeness (QED) is 0.748. The van der Waals surface area contributed by atoms with Gasteiger partial charge in [0, 0.05) is 24.5 Å². The second-order valence-electron chi connectivity index (χ2n) is 4.69. The second kappa shape index (κ2) is 6.93. The van der Waals surface area contributed by atoms with E-state index in [4.69, 9.17) is 23.2 Å². The molecular weight excluding hydrogens is 305 g/mol. The van der Waals surface area contributed by atoms with Gasteiger partial charge in [-0.3, -0.25) is 0 Å². The van der Waals surface area contributed by atoms with E-state index in [0.717, 1.165) is 12.0 Å². The lowest BCUT2D eigenvalue weighted by atomic mass is 10.1. The van der Waals surface area contributed by atoms with Crippen molar-refractivity contribution in [1.29, 1.82) is 0 Å². The van der Waals surface area contributed by atoms with E-state index in [1.807, 2.05) is 13.8 Å². The fraction of sp³-hybridized carbons (Fsp3) is 0.538. The van der Waals surface area contributed by atoms with Crippen molar-refractivity contribution in [1.82, 2.24) is 4.31 Å². The molecule has 108 valence electrons. The smallest absolute Gasteiger partial charge is 0.207 e. The van der Waals surface area contributed by atoms with Crippen molar-refractivity contribution in [3.63, 3.8) is 0 Å². The third-order valence-electron chi connectivity index (χ3n) is 3.14. The van der Waals surface area contributed by atoms with E-state index in [2.05, 4.69) is 0 Å². The summed E-state index contributed by atoms with van der Waals surface area (Å²) in [6.45, 7) is 4.56. The minimum Gasteiger partial charge on any atom is -0.207 e. The minimum atomic E-state index is -3.49. The predicted octanol–water partition coefficient (Wildman–Crippen LogP) is 3.75. The highest BCUT2D eigenvalue weighted by Gasteiger charge is 2.22. The number of sulfonamides is 1. The van der Waals surface area contributed by atoms with Crippen LogP contribution in [0.3, 0.4) is 0 Å². The van der Waals surface area contributed by atoms with Crippen LogP contribution in [-0.2, 0) is 15.9 Å². The van der Waals surface area contributed by atoms with Crippen molar-refractivity contribution in [2.45, 2.75) is 31.0 Å². The maximum Gasteiger partial charge on any atom is 0.242 e. The molecule has 0 N–H and O–H groups in total. The highest BCUT2D eigenvalue weighted by atomic mass is 35.5. The molecule has 0 aliphatic rings. The summed E-state index contributed by atoms with van der Waals surface area (Å²) >= 11 is 11.7. The van der Waals surface area contributed by atoms with Crippen molar-refractivity contribution in [2.75, 3.05) is 13.6 Å². The fourth-order valence-electron chi connectivity index (χ4n) is 1.64. The first-order valence-electron chi connectivity index (χ1n) is 6.13.